The molecule has 6 heteroatoms. The molecule has 0 unspecified atom stereocenters. The first-order valence-electron chi connectivity index (χ1n) is 8.39. The molecule has 1 heterocycles. The Kier molecular flexibility index (Phi) is 8.03. The SMILES string of the molecule is CC(C)(C)c1ccc(NCc2cscc2-c2cc(N)ccc2N)cc1.Cl.Cl. The second-order valence-corrected chi connectivity index (χ2v) is 8.08. The van der Waals surface area contributed by atoms with Crippen LogP contribution in [0.25, 0.3) is 11.1 Å². The molecule has 0 amide bonds. The maximum atomic E-state index is 6.14. The molecule has 27 heavy (non-hydrogen) atoms. The van der Waals surface area contributed by atoms with E-state index in [2.05, 4.69) is 61.1 Å². The number of halogens is 2. The van der Waals surface area contributed by atoms with E-state index in [-0.39, 0.29) is 30.2 Å². The number of anilines is 3. The third kappa shape index (κ3) is 5.55. The Balaban J connectivity index is 0.00000182. The predicted molar refractivity (Wildman–Crippen MR) is 126 cm³/mol. The summed E-state index contributed by atoms with van der Waals surface area (Å²) in [5, 5.41) is 7.80. The summed E-state index contributed by atoms with van der Waals surface area (Å²) in [6, 6.07) is 14.3. The molecule has 0 radical (unpaired) electrons. The molecule has 1 aromatic heterocycles. The van der Waals surface area contributed by atoms with Crippen molar-refractivity contribution in [3.8, 4) is 11.1 Å². The topological polar surface area (TPSA) is 64.1 Å². The molecule has 0 atom stereocenters. The van der Waals surface area contributed by atoms with E-state index >= 15 is 0 Å². The Morgan fingerprint density at radius 2 is 1.56 bits per heavy atom. The average molecular weight is 424 g/mol. The maximum Gasteiger partial charge on any atom is 0.0415 e. The molecule has 0 saturated carbocycles. The van der Waals surface area contributed by atoms with Crippen molar-refractivity contribution in [2.45, 2.75) is 32.7 Å². The average Bonchev–Trinajstić information content (AvgIpc) is 3.03. The fourth-order valence-corrected chi connectivity index (χ4v) is 3.65. The number of benzene rings is 2. The van der Waals surface area contributed by atoms with Gasteiger partial charge < -0.3 is 16.8 Å². The van der Waals surface area contributed by atoms with E-state index in [0.717, 1.165) is 34.7 Å². The Labute approximate surface area is 178 Å². The van der Waals surface area contributed by atoms with Gasteiger partial charge in [-0.2, -0.15) is 11.3 Å². The summed E-state index contributed by atoms with van der Waals surface area (Å²) in [6.45, 7) is 7.43. The van der Waals surface area contributed by atoms with Crippen molar-refractivity contribution in [1.82, 2.24) is 0 Å². The maximum absolute atomic E-state index is 6.14. The van der Waals surface area contributed by atoms with E-state index in [1.165, 1.54) is 11.1 Å². The fourth-order valence-electron chi connectivity index (χ4n) is 2.79. The zero-order chi connectivity index (χ0) is 18.0. The lowest BCUT2D eigenvalue weighted by atomic mass is 9.87. The predicted octanol–water partition coefficient (Wildman–Crippen LogP) is 6.33. The van der Waals surface area contributed by atoms with Crippen LogP contribution in [0.3, 0.4) is 0 Å². The van der Waals surface area contributed by atoms with Crippen molar-refractivity contribution in [3.05, 3.63) is 64.4 Å². The number of rotatable bonds is 4. The van der Waals surface area contributed by atoms with Gasteiger partial charge in [0.15, 0.2) is 0 Å². The summed E-state index contributed by atoms with van der Waals surface area (Å²) < 4.78 is 0. The summed E-state index contributed by atoms with van der Waals surface area (Å²) in [4.78, 5) is 0. The number of nitrogens with one attached hydrogen (secondary N) is 1. The first-order chi connectivity index (χ1) is 11.8. The smallest absolute Gasteiger partial charge is 0.0415 e. The van der Waals surface area contributed by atoms with Gasteiger partial charge in [-0.05, 0) is 63.2 Å². The number of hydrogen-bond donors (Lipinski definition) is 3. The Morgan fingerprint density at radius 3 is 2.19 bits per heavy atom. The normalized spacial score (nSPS) is 10.6. The molecule has 0 aliphatic carbocycles. The molecule has 0 spiro atoms. The summed E-state index contributed by atoms with van der Waals surface area (Å²) in [5.74, 6) is 0. The van der Waals surface area contributed by atoms with Crippen LogP contribution >= 0.6 is 36.2 Å². The van der Waals surface area contributed by atoms with Crippen molar-refractivity contribution >= 4 is 53.2 Å². The Bertz CT molecular complexity index is 868. The third-order valence-electron chi connectivity index (χ3n) is 4.34. The molecule has 3 rings (SSSR count). The standard InChI is InChI=1S/C21H25N3S.2ClH/c1-21(2,3)15-4-7-17(8-5-15)24-11-14-12-25-13-19(14)18-10-16(22)6-9-20(18)23;;/h4-10,12-13,24H,11,22-23H2,1-3H3;2*1H. The van der Waals surface area contributed by atoms with E-state index in [0.29, 0.717) is 0 Å². The lowest BCUT2D eigenvalue weighted by Gasteiger charge is -2.19. The fraction of sp³-hybridized carbons (Fsp3) is 0.238. The first kappa shape index (κ1) is 23.2. The Hall–Kier alpha value is -1.88. The second-order valence-electron chi connectivity index (χ2n) is 7.34. The first-order valence-corrected chi connectivity index (χ1v) is 9.34. The van der Waals surface area contributed by atoms with Gasteiger partial charge in [0.2, 0.25) is 0 Å². The van der Waals surface area contributed by atoms with Gasteiger partial charge >= 0.3 is 0 Å². The lowest BCUT2D eigenvalue weighted by molar-refractivity contribution is 0.590. The molecule has 5 N–H and O–H groups in total. The van der Waals surface area contributed by atoms with Gasteiger partial charge in [-0.3, -0.25) is 0 Å². The Morgan fingerprint density at radius 1 is 0.889 bits per heavy atom. The number of nitrogens with two attached hydrogens (primary N) is 2. The van der Waals surface area contributed by atoms with E-state index < -0.39 is 0 Å². The molecule has 146 valence electrons. The van der Waals surface area contributed by atoms with Crippen LogP contribution in [-0.4, -0.2) is 0 Å². The third-order valence-corrected chi connectivity index (χ3v) is 5.14. The zero-order valence-corrected chi connectivity index (χ0v) is 18.2. The number of thiophene rings is 1. The van der Waals surface area contributed by atoms with Crippen molar-refractivity contribution in [2.24, 2.45) is 0 Å². The van der Waals surface area contributed by atoms with Crippen LogP contribution in [0.1, 0.15) is 31.9 Å². The minimum absolute atomic E-state index is 0. The van der Waals surface area contributed by atoms with Gasteiger partial charge in [0.25, 0.3) is 0 Å². The number of hydrogen-bond acceptors (Lipinski definition) is 4. The van der Waals surface area contributed by atoms with E-state index in [4.69, 9.17) is 11.5 Å². The van der Waals surface area contributed by atoms with Crippen LogP contribution in [0, 0.1) is 0 Å². The largest absolute Gasteiger partial charge is 0.399 e. The molecular weight excluding hydrogens is 397 g/mol. The monoisotopic (exact) mass is 423 g/mol. The van der Waals surface area contributed by atoms with Gasteiger partial charge in [0, 0.05) is 29.2 Å². The van der Waals surface area contributed by atoms with Crippen LogP contribution in [-0.2, 0) is 12.0 Å². The molecule has 0 fully saturated rings. The highest BCUT2D eigenvalue weighted by atomic mass is 35.5. The second kappa shape index (κ2) is 9.36. The van der Waals surface area contributed by atoms with Gasteiger partial charge in [0.1, 0.15) is 0 Å². The van der Waals surface area contributed by atoms with E-state index in [9.17, 15) is 0 Å². The lowest BCUT2D eigenvalue weighted by Crippen LogP contribution is -2.10. The summed E-state index contributed by atoms with van der Waals surface area (Å²) in [7, 11) is 0. The van der Waals surface area contributed by atoms with Crippen LogP contribution in [0.2, 0.25) is 0 Å². The molecular formula is C21H27Cl2N3S. The van der Waals surface area contributed by atoms with Crippen molar-refractivity contribution in [2.75, 3.05) is 16.8 Å². The minimum atomic E-state index is 0. The van der Waals surface area contributed by atoms with Crippen LogP contribution in [0.4, 0.5) is 17.1 Å². The van der Waals surface area contributed by atoms with Crippen LogP contribution in [0.5, 0.6) is 0 Å². The van der Waals surface area contributed by atoms with Gasteiger partial charge in [-0.25, -0.2) is 0 Å². The summed E-state index contributed by atoms with van der Waals surface area (Å²) >= 11 is 1.68. The summed E-state index contributed by atoms with van der Waals surface area (Å²) in [6.07, 6.45) is 0. The molecule has 0 aliphatic heterocycles. The molecule has 2 aromatic carbocycles. The zero-order valence-electron chi connectivity index (χ0n) is 15.8. The van der Waals surface area contributed by atoms with Crippen LogP contribution in [0.15, 0.2) is 53.2 Å². The van der Waals surface area contributed by atoms with Gasteiger partial charge in [-0.15, -0.1) is 24.8 Å². The summed E-state index contributed by atoms with van der Waals surface area (Å²) in [5.41, 5.74) is 19.5. The quantitative estimate of drug-likeness (QED) is 0.429. The minimum Gasteiger partial charge on any atom is -0.399 e. The highest BCUT2D eigenvalue weighted by Crippen LogP contribution is 2.33. The van der Waals surface area contributed by atoms with Gasteiger partial charge in [0.05, 0.1) is 0 Å². The van der Waals surface area contributed by atoms with Crippen molar-refractivity contribution in [3.63, 3.8) is 0 Å². The van der Waals surface area contributed by atoms with E-state index in [1.807, 2.05) is 18.2 Å². The number of nitrogen functional groups attached to an aromatic ring is 2. The highest BCUT2D eigenvalue weighted by Gasteiger charge is 2.13. The molecule has 3 aromatic rings. The van der Waals surface area contributed by atoms with Gasteiger partial charge in [-0.1, -0.05) is 32.9 Å². The molecule has 0 bridgehead atoms. The molecule has 0 aliphatic rings. The molecule has 0 saturated heterocycles. The van der Waals surface area contributed by atoms with Crippen molar-refractivity contribution in [1.29, 1.82) is 0 Å². The van der Waals surface area contributed by atoms with Crippen molar-refractivity contribution < 1.29 is 0 Å². The highest BCUT2D eigenvalue weighted by molar-refractivity contribution is 7.08. The van der Waals surface area contributed by atoms with E-state index in [1.54, 1.807) is 11.3 Å². The van der Waals surface area contributed by atoms with Crippen LogP contribution < -0.4 is 16.8 Å². The molecule has 3 nitrogen and oxygen atoms in total.